The monoisotopic (exact) mass is 341 g/mol. The van der Waals surface area contributed by atoms with Crippen LogP contribution in [0.2, 0.25) is 0 Å². The largest absolute Gasteiger partial charge is 0.423 e. The fraction of sp³-hybridized carbons (Fsp3) is 0.526. The number of fused-ring (bicyclic) bond motifs is 1. The molecule has 0 spiro atoms. The first-order valence-corrected chi connectivity index (χ1v) is 8.99. The van der Waals surface area contributed by atoms with Gasteiger partial charge in [-0.1, -0.05) is 18.2 Å². The third kappa shape index (κ3) is 3.58. The number of rotatable bonds is 3. The molecule has 1 saturated heterocycles. The minimum Gasteiger partial charge on any atom is -0.423 e. The highest BCUT2D eigenvalue weighted by atomic mass is 16.5. The topological polar surface area (TPSA) is 68.5 Å². The molecule has 0 radical (unpaired) electrons. The number of benzene rings is 1. The Bertz CT molecular complexity index is 771. The van der Waals surface area contributed by atoms with E-state index in [1.54, 1.807) is 6.92 Å². The summed E-state index contributed by atoms with van der Waals surface area (Å²) in [5, 5.41) is 7.86. The van der Waals surface area contributed by atoms with Crippen LogP contribution in [0.15, 0.2) is 22.6 Å². The fourth-order valence-corrected chi connectivity index (χ4v) is 3.65. The third-order valence-corrected chi connectivity index (χ3v) is 5.00. The Balaban J connectivity index is 1.42. The average molecular weight is 341 g/mol. The summed E-state index contributed by atoms with van der Waals surface area (Å²) >= 11 is 0. The van der Waals surface area contributed by atoms with Crippen LogP contribution >= 0.6 is 0 Å². The molecule has 132 valence electrons. The lowest BCUT2D eigenvalue weighted by molar-refractivity contribution is -0.139. The molecule has 0 saturated carbocycles. The molecule has 2 aromatic rings. The molecule has 1 fully saturated rings. The number of nitrogens with zero attached hydrogens (tertiary/aromatic N) is 3. The van der Waals surface area contributed by atoms with E-state index in [1.807, 2.05) is 4.90 Å². The van der Waals surface area contributed by atoms with Crippen molar-refractivity contribution < 1.29 is 13.9 Å². The van der Waals surface area contributed by atoms with E-state index in [4.69, 9.17) is 9.15 Å². The molecule has 1 aliphatic carbocycles. The van der Waals surface area contributed by atoms with Crippen molar-refractivity contribution in [3.05, 3.63) is 46.7 Å². The summed E-state index contributed by atoms with van der Waals surface area (Å²) in [5.41, 5.74) is 3.96. The van der Waals surface area contributed by atoms with Crippen LogP contribution < -0.4 is 0 Å². The summed E-state index contributed by atoms with van der Waals surface area (Å²) in [6.45, 7) is 3.30. The minimum atomic E-state index is -0.331. The average Bonchev–Trinajstić information content (AvgIpc) is 3.08. The standard InChI is InChI=1S/C19H23N3O3/c1-13-20-21-19(25-13)17-12-22(8-9-24-17)18(23)11-14-6-7-15-4-2-3-5-16(15)10-14/h6-7,10,17H,2-5,8-9,11-12H2,1H3/t17-/m1/s1. The number of ether oxygens (including phenoxy) is 1. The molecule has 0 N–H and O–H groups in total. The second kappa shape index (κ2) is 6.96. The number of carbonyl (C=O) groups is 1. The van der Waals surface area contributed by atoms with Crippen molar-refractivity contribution in [1.82, 2.24) is 15.1 Å². The molecular formula is C19H23N3O3. The predicted octanol–water partition coefficient (Wildman–Crippen LogP) is 2.40. The fourth-order valence-electron chi connectivity index (χ4n) is 3.65. The van der Waals surface area contributed by atoms with E-state index in [0.29, 0.717) is 37.9 Å². The normalized spacial score (nSPS) is 20.4. The maximum Gasteiger partial charge on any atom is 0.246 e. The summed E-state index contributed by atoms with van der Waals surface area (Å²) in [6, 6.07) is 6.51. The first-order chi connectivity index (χ1) is 12.2. The second-order valence-electron chi connectivity index (χ2n) is 6.85. The number of aryl methyl sites for hydroxylation is 3. The number of amides is 1. The zero-order chi connectivity index (χ0) is 17.2. The van der Waals surface area contributed by atoms with Crippen LogP contribution in [-0.4, -0.2) is 40.7 Å². The Kier molecular flexibility index (Phi) is 4.53. The predicted molar refractivity (Wildman–Crippen MR) is 91.1 cm³/mol. The van der Waals surface area contributed by atoms with Crippen LogP contribution in [-0.2, 0) is 28.8 Å². The molecule has 1 aromatic heterocycles. The zero-order valence-electron chi connectivity index (χ0n) is 14.5. The molecule has 25 heavy (non-hydrogen) atoms. The minimum absolute atomic E-state index is 0.125. The summed E-state index contributed by atoms with van der Waals surface area (Å²) < 4.78 is 11.1. The summed E-state index contributed by atoms with van der Waals surface area (Å²) in [6.07, 6.45) is 4.92. The lowest BCUT2D eigenvalue weighted by atomic mass is 9.90. The van der Waals surface area contributed by atoms with Gasteiger partial charge in [0.1, 0.15) is 0 Å². The first kappa shape index (κ1) is 16.3. The molecule has 0 unspecified atom stereocenters. The zero-order valence-corrected chi connectivity index (χ0v) is 14.5. The molecule has 0 bridgehead atoms. The highest BCUT2D eigenvalue weighted by Crippen LogP contribution is 2.24. The summed E-state index contributed by atoms with van der Waals surface area (Å²) in [7, 11) is 0. The van der Waals surface area contributed by atoms with Gasteiger partial charge < -0.3 is 14.1 Å². The van der Waals surface area contributed by atoms with Gasteiger partial charge in [0.05, 0.1) is 19.6 Å². The van der Waals surface area contributed by atoms with E-state index in [2.05, 4.69) is 28.4 Å². The molecule has 1 aromatic carbocycles. The quantitative estimate of drug-likeness (QED) is 0.857. The number of hydrogen-bond acceptors (Lipinski definition) is 5. The SMILES string of the molecule is Cc1nnc([C@H]2CN(C(=O)Cc3ccc4c(c3)CCCC4)CCO2)o1. The van der Waals surface area contributed by atoms with Crippen molar-refractivity contribution in [1.29, 1.82) is 0 Å². The molecular weight excluding hydrogens is 318 g/mol. The number of carbonyl (C=O) groups excluding carboxylic acids is 1. The van der Waals surface area contributed by atoms with Gasteiger partial charge in [0, 0.05) is 13.5 Å². The molecule has 1 atom stereocenters. The van der Waals surface area contributed by atoms with Crippen molar-refractivity contribution in [2.24, 2.45) is 0 Å². The van der Waals surface area contributed by atoms with E-state index in [1.165, 1.54) is 24.0 Å². The molecule has 1 aliphatic heterocycles. The van der Waals surface area contributed by atoms with Gasteiger partial charge in [-0.05, 0) is 42.4 Å². The lowest BCUT2D eigenvalue weighted by Crippen LogP contribution is -2.43. The molecule has 2 heterocycles. The maximum absolute atomic E-state index is 12.7. The van der Waals surface area contributed by atoms with Gasteiger partial charge >= 0.3 is 0 Å². The number of aromatic nitrogens is 2. The van der Waals surface area contributed by atoms with Crippen LogP contribution in [0.4, 0.5) is 0 Å². The Morgan fingerprint density at radius 3 is 2.88 bits per heavy atom. The van der Waals surface area contributed by atoms with E-state index in [9.17, 15) is 4.79 Å². The van der Waals surface area contributed by atoms with Crippen molar-refractivity contribution in [2.75, 3.05) is 19.7 Å². The molecule has 2 aliphatic rings. The molecule has 6 nitrogen and oxygen atoms in total. The van der Waals surface area contributed by atoms with E-state index in [0.717, 1.165) is 18.4 Å². The Morgan fingerprint density at radius 2 is 2.08 bits per heavy atom. The van der Waals surface area contributed by atoms with E-state index < -0.39 is 0 Å². The van der Waals surface area contributed by atoms with E-state index in [-0.39, 0.29) is 12.0 Å². The second-order valence-corrected chi connectivity index (χ2v) is 6.85. The Morgan fingerprint density at radius 1 is 1.24 bits per heavy atom. The highest BCUT2D eigenvalue weighted by molar-refractivity contribution is 5.79. The van der Waals surface area contributed by atoms with Crippen LogP contribution in [0.3, 0.4) is 0 Å². The Hall–Kier alpha value is -2.21. The third-order valence-electron chi connectivity index (χ3n) is 5.00. The maximum atomic E-state index is 12.7. The van der Waals surface area contributed by atoms with Gasteiger partial charge in [-0.2, -0.15) is 0 Å². The van der Waals surface area contributed by atoms with Gasteiger partial charge in [0.15, 0.2) is 6.10 Å². The lowest BCUT2D eigenvalue weighted by Gasteiger charge is -2.31. The van der Waals surface area contributed by atoms with Gasteiger partial charge in [-0.3, -0.25) is 4.79 Å². The number of hydrogen-bond donors (Lipinski definition) is 0. The van der Waals surface area contributed by atoms with Crippen LogP contribution in [0.25, 0.3) is 0 Å². The smallest absolute Gasteiger partial charge is 0.246 e. The van der Waals surface area contributed by atoms with Crippen molar-refractivity contribution in [3.63, 3.8) is 0 Å². The summed E-state index contributed by atoms with van der Waals surface area (Å²) in [5.74, 6) is 1.08. The van der Waals surface area contributed by atoms with Crippen molar-refractivity contribution in [3.8, 4) is 0 Å². The van der Waals surface area contributed by atoms with Crippen molar-refractivity contribution >= 4 is 5.91 Å². The van der Waals surface area contributed by atoms with E-state index >= 15 is 0 Å². The van der Waals surface area contributed by atoms with Gasteiger partial charge in [0.2, 0.25) is 17.7 Å². The molecule has 4 rings (SSSR count). The first-order valence-electron chi connectivity index (χ1n) is 8.99. The van der Waals surface area contributed by atoms with Crippen LogP contribution in [0, 0.1) is 6.92 Å². The van der Waals surface area contributed by atoms with Gasteiger partial charge in [-0.15, -0.1) is 10.2 Å². The van der Waals surface area contributed by atoms with Crippen LogP contribution in [0.5, 0.6) is 0 Å². The van der Waals surface area contributed by atoms with Crippen molar-refractivity contribution in [2.45, 2.75) is 45.1 Å². The Labute approximate surface area is 147 Å². The highest BCUT2D eigenvalue weighted by Gasteiger charge is 2.29. The number of morpholine rings is 1. The van der Waals surface area contributed by atoms with Gasteiger partial charge in [0.25, 0.3) is 0 Å². The molecule has 6 heteroatoms. The summed E-state index contributed by atoms with van der Waals surface area (Å²) in [4.78, 5) is 14.6. The van der Waals surface area contributed by atoms with Gasteiger partial charge in [-0.25, -0.2) is 0 Å². The molecule has 1 amide bonds. The van der Waals surface area contributed by atoms with Crippen LogP contribution in [0.1, 0.15) is 47.4 Å².